The maximum absolute atomic E-state index is 10.7. The molecule has 1 rings (SSSR count). The molecular formula is C8H12N2O2. The van der Waals surface area contributed by atoms with E-state index in [2.05, 4.69) is 5.10 Å². The molecule has 1 aromatic heterocycles. The summed E-state index contributed by atoms with van der Waals surface area (Å²) >= 11 is 0. The topological polar surface area (TPSA) is 55.1 Å². The molecule has 0 saturated heterocycles. The highest BCUT2D eigenvalue weighted by Crippen LogP contribution is 2.04. The average Bonchev–Trinajstić information content (AvgIpc) is 2.48. The molecule has 0 saturated carbocycles. The molecule has 0 aliphatic rings. The Morgan fingerprint density at radius 3 is 3.00 bits per heavy atom. The number of carboxylic acid groups (broad SMARTS) is 1. The van der Waals surface area contributed by atoms with Crippen LogP contribution in [0.2, 0.25) is 0 Å². The zero-order chi connectivity index (χ0) is 10.9. The summed E-state index contributed by atoms with van der Waals surface area (Å²) in [6.07, 6.45) is -1.30. The molecule has 0 aromatic carbocycles. The second kappa shape index (κ2) is 3.38. The van der Waals surface area contributed by atoms with Gasteiger partial charge in [0.2, 0.25) is 0 Å². The van der Waals surface area contributed by atoms with Gasteiger partial charge in [0.25, 0.3) is 0 Å². The van der Waals surface area contributed by atoms with Crippen molar-refractivity contribution in [2.45, 2.75) is 19.7 Å². The molecule has 0 aliphatic heterocycles. The molecule has 0 atom stereocenters. The third-order valence-electron chi connectivity index (χ3n) is 1.46. The summed E-state index contributed by atoms with van der Waals surface area (Å²) in [7, 11) is 1.48. The largest absolute Gasteiger partial charge is 0.477 e. The van der Waals surface area contributed by atoms with Gasteiger partial charge in [0, 0.05) is 9.79 Å². The lowest BCUT2D eigenvalue weighted by atomic mass is 10.2. The molecule has 1 heterocycles. The fraction of sp³-hybridized carbons (Fsp3) is 0.500. The summed E-state index contributed by atoms with van der Waals surface area (Å²) in [5.74, 6) is -1.10. The van der Waals surface area contributed by atoms with Crippen molar-refractivity contribution >= 4 is 5.97 Å². The maximum Gasteiger partial charge on any atom is 0.354 e. The van der Waals surface area contributed by atoms with Crippen LogP contribution in [0.1, 0.15) is 32.3 Å². The fourth-order valence-electron chi connectivity index (χ4n) is 0.935. The molecule has 0 spiro atoms. The van der Waals surface area contributed by atoms with E-state index in [1.54, 1.807) is 6.92 Å². The maximum atomic E-state index is 10.7. The van der Waals surface area contributed by atoms with E-state index >= 15 is 0 Å². The molecule has 0 radical (unpaired) electrons. The highest BCUT2D eigenvalue weighted by Gasteiger charge is 2.10. The summed E-state index contributed by atoms with van der Waals surface area (Å²) in [5, 5.41) is 12.6. The Labute approximate surface area is 73.6 Å². The van der Waals surface area contributed by atoms with Gasteiger partial charge in [-0.25, -0.2) is 4.79 Å². The van der Waals surface area contributed by atoms with E-state index in [9.17, 15) is 4.79 Å². The minimum Gasteiger partial charge on any atom is -0.477 e. The van der Waals surface area contributed by atoms with Crippen LogP contribution in [-0.2, 0) is 13.4 Å². The number of aromatic carboxylic acids is 1. The first-order valence-corrected chi connectivity index (χ1v) is 3.66. The van der Waals surface area contributed by atoms with Crippen molar-refractivity contribution in [3.05, 3.63) is 17.5 Å². The van der Waals surface area contributed by atoms with E-state index < -0.39 is 12.3 Å². The summed E-state index contributed by atoms with van der Waals surface area (Å²) in [5.41, 5.74) is 0.164. The van der Waals surface area contributed by atoms with Crippen molar-refractivity contribution in [3.8, 4) is 0 Å². The number of carbonyl (C=O) groups is 1. The molecule has 12 heavy (non-hydrogen) atoms. The Balaban J connectivity index is 3.15. The zero-order valence-corrected chi connectivity index (χ0v) is 7.03. The Bertz CT molecular complexity index is 360. The van der Waals surface area contributed by atoms with Gasteiger partial charge in [-0.1, -0.05) is 13.3 Å². The normalized spacial score (nSPS) is 13.8. The molecule has 1 aromatic rings. The van der Waals surface area contributed by atoms with Gasteiger partial charge in [0.05, 0.1) is 5.69 Å². The van der Waals surface area contributed by atoms with Crippen LogP contribution in [0.5, 0.6) is 0 Å². The third-order valence-corrected chi connectivity index (χ3v) is 1.46. The fourth-order valence-corrected chi connectivity index (χ4v) is 0.935. The lowest BCUT2D eigenvalue weighted by molar-refractivity contribution is 0.0685. The summed E-state index contributed by atoms with van der Waals surface area (Å²) in [6.45, 7) is 1.69. The van der Waals surface area contributed by atoms with Crippen molar-refractivity contribution < 1.29 is 12.6 Å². The molecule has 0 unspecified atom stereocenters. The SMILES string of the molecule is [2H]C([2H])(CC)c1cc(C(=O)O)n(C)n1. The van der Waals surface area contributed by atoms with Gasteiger partial charge in [-0.15, -0.1) is 0 Å². The summed E-state index contributed by atoms with van der Waals surface area (Å²) in [6, 6.07) is 1.27. The number of carboxylic acids is 1. The number of hydrogen-bond donors (Lipinski definition) is 1. The van der Waals surface area contributed by atoms with Gasteiger partial charge in [0.15, 0.2) is 0 Å². The Kier molecular flexibility index (Phi) is 1.76. The number of hydrogen-bond acceptors (Lipinski definition) is 2. The molecule has 4 nitrogen and oxygen atoms in total. The van der Waals surface area contributed by atoms with Gasteiger partial charge < -0.3 is 5.11 Å². The van der Waals surface area contributed by atoms with Gasteiger partial charge >= 0.3 is 5.97 Å². The standard InChI is InChI=1S/C8H12N2O2/c1-3-4-6-5-7(8(11)12)10(2)9-6/h5H,3-4H2,1-2H3,(H,11,12)/i4D2. The first-order chi connectivity index (χ1) is 6.38. The minimum atomic E-state index is -1.56. The van der Waals surface area contributed by atoms with E-state index in [1.807, 2.05) is 0 Å². The van der Waals surface area contributed by atoms with Crippen molar-refractivity contribution in [1.29, 1.82) is 0 Å². The second-order valence-corrected chi connectivity index (χ2v) is 2.37. The lowest BCUT2D eigenvalue weighted by Crippen LogP contribution is -2.04. The third kappa shape index (κ3) is 1.64. The van der Waals surface area contributed by atoms with Crippen LogP contribution >= 0.6 is 0 Å². The van der Waals surface area contributed by atoms with Gasteiger partial charge in [-0.2, -0.15) is 5.10 Å². The smallest absolute Gasteiger partial charge is 0.354 e. The Morgan fingerprint density at radius 2 is 2.58 bits per heavy atom. The highest BCUT2D eigenvalue weighted by molar-refractivity contribution is 5.85. The molecule has 0 bridgehead atoms. The lowest BCUT2D eigenvalue weighted by Gasteiger charge is -1.91. The van der Waals surface area contributed by atoms with Crippen molar-refractivity contribution in [2.75, 3.05) is 0 Å². The molecule has 0 aliphatic carbocycles. The van der Waals surface area contributed by atoms with Gasteiger partial charge in [-0.3, -0.25) is 4.68 Å². The Hall–Kier alpha value is -1.32. The molecule has 0 fully saturated rings. The van der Waals surface area contributed by atoms with Crippen molar-refractivity contribution in [1.82, 2.24) is 9.78 Å². The number of rotatable bonds is 3. The van der Waals surface area contributed by atoms with E-state index in [-0.39, 0.29) is 17.8 Å². The van der Waals surface area contributed by atoms with Crippen LogP contribution in [0.3, 0.4) is 0 Å². The first kappa shape index (κ1) is 6.22. The van der Waals surface area contributed by atoms with E-state index in [4.69, 9.17) is 7.85 Å². The molecule has 66 valence electrons. The summed E-state index contributed by atoms with van der Waals surface area (Å²) in [4.78, 5) is 10.7. The minimum absolute atomic E-state index is 0.00248. The molecular weight excluding hydrogens is 156 g/mol. The van der Waals surface area contributed by atoms with Crippen LogP contribution in [-0.4, -0.2) is 20.9 Å². The van der Waals surface area contributed by atoms with Crippen LogP contribution < -0.4 is 0 Å². The van der Waals surface area contributed by atoms with E-state index in [1.165, 1.54) is 17.8 Å². The van der Waals surface area contributed by atoms with Gasteiger partial charge in [0.1, 0.15) is 5.69 Å². The second-order valence-electron chi connectivity index (χ2n) is 2.37. The number of nitrogens with zero attached hydrogens (tertiary/aromatic N) is 2. The van der Waals surface area contributed by atoms with Crippen LogP contribution in [0, 0.1) is 0 Å². The molecule has 4 heteroatoms. The van der Waals surface area contributed by atoms with Crippen molar-refractivity contribution in [2.24, 2.45) is 7.05 Å². The predicted molar refractivity (Wildman–Crippen MR) is 44.2 cm³/mol. The number of aromatic nitrogens is 2. The van der Waals surface area contributed by atoms with E-state index in [0.29, 0.717) is 0 Å². The number of aryl methyl sites for hydroxylation is 2. The molecule has 1 N–H and O–H groups in total. The Morgan fingerprint density at radius 1 is 1.92 bits per heavy atom. The van der Waals surface area contributed by atoms with Crippen LogP contribution in [0.4, 0.5) is 0 Å². The van der Waals surface area contributed by atoms with Crippen molar-refractivity contribution in [3.63, 3.8) is 0 Å². The summed E-state index contributed by atoms with van der Waals surface area (Å²) < 4.78 is 16.3. The van der Waals surface area contributed by atoms with E-state index in [0.717, 1.165) is 0 Å². The highest BCUT2D eigenvalue weighted by atomic mass is 16.4. The first-order valence-electron chi connectivity index (χ1n) is 4.66. The van der Waals surface area contributed by atoms with Crippen LogP contribution in [0.15, 0.2) is 6.07 Å². The monoisotopic (exact) mass is 170 g/mol. The zero-order valence-electron chi connectivity index (χ0n) is 9.03. The average molecular weight is 170 g/mol. The predicted octanol–water partition coefficient (Wildman–Crippen LogP) is 1.07. The molecule has 0 amide bonds. The quantitative estimate of drug-likeness (QED) is 0.738. The van der Waals surface area contributed by atoms with Gasteiger partial charge in [-0.05, 0) is 12.4 Å². The van der Waals surface area contributed by atoms with Crippen LogP contribution in [0.25, 0.3) is 0 Å².